The first-order valence-corrected chi connectivity index (χ1v) is 10.5. The van der Waals surface area contributed by atoms with Gasteiger partial charge in [0.1, 0.15) is 0 Å². The SMILES string of the molecule is CCCCC1CCCc2c1n(Cc1cccc(C#N)c1)c1c(C(=O)O)cccc21. The molecule has 4 nitrogen and oxygen atoms in total. The average Bonchev–Trinajstić information content (AvgIpc) is 3.06. The monoisotopic (exact) mass is 386 g/mol. The summed E-state index contributed by atoms with van der Waals surface area (Å²) in [5.41, 5.74) is 5.50. The Bertz CT molecular complexity index is 1100. The predicted molar refractivity (Wildman–Crippen MR) is 114 cm³/mol. The van der Waals surface area contributed by atoms with Gasteiger partial charge in [-0.15, -0.1) is 0 Å². The van der Waals surface area contributed by atoms with E-state index in [4.69, 9.17) is 0 Å². The molecule has 1 aromatic heterocycles. The number of hydrogen-bond donors (Lipinski definition) is 1. The zero-order valence-electron chi connectivity index (χ0n) is 16.8. The van der Waals surface area contributed by atoms with Crippen LogP contribution >= 0.6 is 0 Å². The highest BCUT2D eigenvalue weighted by molar-refractivity contribution is 6.04. The van der Waals surface area contributed by atoms with Crippen molar-refractivity contribution in [2.24, 2.45) is 0 Å². The number of benzene rings is 2. The minimum absolute atomic E-state index is 0.363. The summed E-state index contributed by atoms with van der Waals surface area (Å²) < 4.78 is 2.24. The highest BCUT2D eigenvalue weighted by Gasteiger charge is 2.29. The summed E-state index contributed by atoms with van der Waals surface area (Å²) in [6.07, 6.45) is 6.80. The van der Waals surface area contributed by atoms with Crippen LogP contribution in [0.2, 0.25) is 0 Å². The van der Waals surface area contributed by atoms with E-state index in [1.54, 1.807) is 12.1 Å². The molecular formula is C25H26N2O2. The van der Waals surface area contributed by atoms with Crippen molar-refractivity contribution in [2.45, 2.75) is 57.9 Å². The molecule has 0 fully saturated rings. The molecule has 0 saturated heterocycles. The van der Waals surface area contributed by atoms with Gasteiger partial charge in [-0.2, -0.15) is 5.26 Å². The molecule has 0 bridgehead atoms. The van der Waals surface area contributed by atoms with E-state index in [2.05, 4.69) is 23.6 Å². The fourth-order valence-corrected chi connectivity index (χ4v) is 4.88. The Morgan fingerprint density at radius 3 is 2.86 bits per heavy atom. The van der Waals surface area contributed by atoms with Gasteiger partial charge in [-0.3, -0.25) is 0 Å². The summed E-state index contributed by atoms with van der Waals surface area (Å²) in [6, 6.07) is 15.5. The smallest absolute Gasteiger partial charge is 0.337 e. The first kappa shape index (κ1) is 19.3. The van der Waals surface area contributed by atoms with Crippen molar-refractivity contribution in [3.8, 4) is 6.07 Å². The number of carboxylic acids is 1. The maximum atomic E-state index is 12.0. The highest BCUT2D eigenvalue weighted by atomic mass is 16.4. The summed E-state index contributed by atoms with van der Waals surface area (Å²) in [4.78, 5) is 12.0. The van der Waals surface area contributed by atoms with Crippen LogP contribution in [-0.4, -0.2) is 15.6 Å². The number of aromatic carboxylic acids is 1. The van der Waals surface area contributed by atoms with Crippen molar-refractivity contribution >= 4 is 16.9 Å². The summed E-state index contributed by atoms with van der Waals surface area (Å²) >= 11 is 0. The summed E-state index contributed by atoms with van der Waals surface area (Å²) in [6.45, 7) is 2.81. The fourth-order valence-electron chi connectivity index (χ4n) is 4.88. The Balaban J connectivity index is 1.94. The number of carbonyl (C=O) groups is 1. The van der Waals surface area contributed by atoms with E-state index < -0.39 is 5.97 Å². The van der Waals surface area contributed by atoms with Crippen LogP contribution in [0.15, 0.2) is 42.5 Å². The highest BCUT2D eigenvalue weighted by Crippen LogP contribution is 2.42. The Kier molecular flexibility index (Phi) is 5.40. The van der Waals surface area contributed by atoms with Crippen molar-refractivity contribution in [1.82, 2.24) is 4.57 Å². The lowest BCUT2D eigenvalue weighted by Gasteiger charge is -2.26. The lowest BCUT2D eigenvalue weighted by atomic mass is 9.83. The third-order valence-corrected chi connectivity index (χ3v) is 6.13. The number of fused-ring (bicyclic) bond motifs is 3. The molecule has 1 aliphatic rings. The second kappa shape index (κ2) is 8.13. The van der Waals surface area contributed by atoms with Crippen LogP contribution in [0.5, 0.6) is 0 Å². The molecule has 0 amide bonds. The molecule has 4 heteroatoms. The number of hydrogen-bond acceptors (Lipinski definition) is 2. The maximum absolute atomic E-state index is 12.0. The van der Waals surface area contributed by atoms with Crippen LogP contribution in [0.1, 0.15) is 77.7 Å². The maximum Gasteiger partial charge on any atom is 0.337 e. The molecule has 4 rings (SSSR count). The third-order valence-electron chi connectivity index (χ3n) is 6.13. The van der Waals surface area contributed by atoms with Gasteiger partial charge < -0.3 is 9.67 Å². The summed E-state index contributed by atoms with van der Waals surface area (Å²) in [5.74, 6) is -0.422. The van der Waals surface area contributed by atoms with Gasteiger partial charge in [-0.1, -0.05) is 44.0 Å². The number of nitrogens with zero attached hydrogens (tertiary/aromatic N) is 2. The van der Waals surface area contributed by atoms with Gasteiger partial charge in [0.25, 0.3) is 0 Å². The molecule has 0 aliphatic heterocycles. The minimum atomic E-state index is -0.886. The van der Waals surface area contributed by atoms with E-state index in [1.165, 1.54) is 17.7 Å². The Hall–Kier alpha value is -3.06. The summed E-state index contributed by atoms with van der Waals surface area (Å²) in [5, 5.41) is 20.2. The van der Waals surface area contributed by atoms with Crippen LogP contribution in [0.3, 0.4) is 0 Å². The van der Waals surface area contributed by atoms with Crippen molar-refractivity contribution in [1.29, 1.82) is 5.26 Å². The number of aryl methyl sites for hydroxylation is 1. The van der Waals surface area contributed by atoms with Crippen LogP contribution in [0.25, 0.3) is 10.9 Å². The lowest BCUT2D eigenvalue weighted by molar-refractivity contribution is 0.0698. The summed E-state index contributed by atoms with van der Waals surface area (Å²) in [7, 11) is 0. The van der Waals surface area contributed by atoms with Gasteiger partial charge in [0.2, 0.25) is 0 Å². The van der Waals surface area contributed by atoms with Crippen molar-refractivity contribution < 1.29 is 9.90 Å². The molecule has 148 valence electrons. The second-order valence-corrected chi connectivity index (χ2v) is 8.00. The minimum Gasteiger partial charge on any atom is -0.478 e. The first-order chi connectivity index (χ1) is 14.1. The van der Waals surface area contributed by atoms with E-state index in [-0.39, 0.29) is 0 Å². The molecular weight excluding hydrogens is 360 g/mol. The van der Waals surface area contributed by atoms with E-state index in [0.717, 1.165) is 48.6 Å². The number of carboxylic acid groups (broad SMARTS) is 1. The van der Waals surface area contributed by atoms with E-state index in [0.29, 0.717) is 23.6 Å². The average molecular weight is 386 g/mol. The molecule has 1 atom stereocenters. The Morgan fingerprint density at radius 2 is 2.10 bits per heavy atom. The molecule has 1 aliphatic carbocycles. The zero-order valence-corrected chi connectivity index (χ0v) is 16.8. The van der Waals surface area contributed by atoms with Gasteiger partial charge in [-0.25, -0.2) is 4.79 Å². The third kappa shape index (κ3) is 3.53. The lowest BCUT2D eigenvalue weighted by Crippen LogP contribution is -2.15. The number of para-hydroxylation sites is 1. The van der Waals surface area contributed by atoms with Crippen LogP contribution in [0, 0.1) is 11.3 Å². The van der Waals surface area contributed by atoms with Gasteiger partial charge in [0, 0.05) is 17.6 Å². The second-order valence-electron chi connectivity index (χ2n) is 8.00. The van der Waals surface area contributed by atoms with Crippen molar-refractivity contribution in [3.63, 3.8) is 0 Å². The number of aromatic nitrogens is 1. The van der Waals surface area contributed by atoms with Gasteiger partial charge >= 0.3 is 5.97 Å². The fraction of sp³-hybridized carbons (Fsp3) is 0.360. The van der Waals surface area contributed by atoms with Crippen LogP contribution in [-0.2, 0) is 13.0 Å². The molecule has 1 heterocycles. The molecule has 1 unspecified atom stereocenters. The van der Waals surface area contributed by atoms with Crippen LogP contribution < -0.4 is 0 Å². The predicted octanol–water partition coefficient (Wildman–Crippen LogP) is 5.87. The number of rotatable bonds is 6. The van der Waals surface area contributed by atoms with E-state index in [1.807, 2.05) is 24.3 Å². The molecule has 2 aromatic carbocycles. The standard InChI is InChI=1S/C25H26N2O2/c1-2-3-9-19-10-5-11-20-21-12-6-13-22(25(28)29)24(21)27(23(19)20)16-18-8-4-7-17(14-18)15-26/h4,6-8,12-14,19H,2-3,5,9-11,16H2,1H3,(H,28,29). The van der Waals surface area contributed by atoms with E-state index >= 15 is 0 Å². The van der Waals surface area contributed by atoms with Crippen molar-refractivity contribution in [3.05, 3.63) is 70.4 Å². The molecule has 29 heavy (non-hydrogen) atoms. The van der Waals surface area contributed by atoms with Gasteiger partial charge in [0.15, 0.2) is 0 Å². The Labute approximate surface area is 171 Å². The number of nitriles is 1. The quantitative estimate of drug-likeness (QED) is 0.576. The molecule has 3 aromatic rings. The first-order valence-electron chi connectivity index (χ1n) is 10.5. The van der Waals surface area contributed by atoms with E-state index in [9.17, 15) is 15.2 Å². The Morgan fingerprint density at radius 1 is 1.28 bits per heavy atom. The molecule has 0 radical (unpaired) electrons. The number of unbranched alkanes of at least 4 members (excludes halogenated alkanes) is 1. The molecule has 0 saturated carbocycles. The zero-order chi connectivity index (χ0) is 20.4. The van der Waals surface area contributed by atoms with Crippen molar-refractivity contribution in [2.75, 3.05) is 0 Å². The topological polar surface area (TPSA) is 66.0 Å². The largest absolute Gasteiger partial charge is 0.478 e. The normalized spacial score (nSPS) is 15.8. The van der Waals surface area contributed by atoms with Crippen LogP contribution in [0.4, 0.5) is 0 Å². The molecule has 1 N–H and O–H groups in total. The van der Waals surface area contributed by atoms with Gasteiger partial charge in [0.05, 0.1) is 22.7 Å². The van der Waals surface area contributed by atoms with Gasteiger partial charge in [-0.05, 0) is 60.9 Å². The molecule has 0 spiro atoms.